The molecule has 1 aromatic rings. The third kappa shape index (κ3) is 14.5. The van der Waals surface area contributed by atoms with Gasteiger partial charge in [0.15, 0.2) is 0 Å². The number of rotatable bonds is 22. The number of aromatic hydroxyl groups is 1. The highest BCUT2D eigenvalue weighted by atomic mass is 16.4. The molecule has 0 radical (unpaired) electrons. The maximum Gasteiger partial charge on any atom is 0.326 e. The van der Waals surface area contributed by atoms with E-state index in [9.17, 15) is 54.0 Å². The molecule has 1 saturated heterocycles. The summed E-state index contributed by atoms with van der Waals surface area (Å²) in [5, 5.41) is 51.2. The molecule has 0 spiro atoms. The number of carbonyl (C=O) groups excluding carboxylic acids is 6. The Balaban J connectivity index is 2.01. The lowest BCUT2D eigenvalue weighted by atomic mass is 10.0. The standard InChI is InChI=1S/C35H56N8O11/c1-19(2)15-24(31(49)42-29(20(3)45)33(51)40-25(35(53)54)16-21-9-11-22(46)12-10-21)39-28(47)17-38-30(48)26(18-44)41-32(50)27-8-6-14-43(27)34(52)23(37)7-4-5-13-36/h9-12,19-20,23-27,29,44-46H,4-8,13-18,36-37H2,1-3H3,(H,38,48)(H,39,47)(H,40,51)(H,41,50)(H,42,49)(H,53,54)/t20-,23+,24+,25+,26+,27+,29+/m1/s1. The first-order valence-electron chi connectivity index (χ1n) is 18.0. The SMILES string of the molecule is CC(C)C[C@H](NC(=O)CNC(=O)[C@H](CO)NC(=O)[C@@H]1CCCN1C(=O)[C@@H](N)CCCCN)C(=O)N[C@H](C(=O)N[C@@H](Cc1ccc(O)cc1)C(=O)O)[C@@H](C)O. The van der Waals surface area contributed by atoms with Crippen molar-refractivity contribution in [1.29, 1.82) is 0 Å². The van der Waals surface area contributed by atoms with Gasteiger partial charge in [-0.05, 0) is 69.2 Å². The van der Waals surface area contributed by atoms with Crippen molar-refractivity contribution in [2.45, 2.75) is 108 Å². The molecule has 0 aromatic heterocycles. The summed E-state index contributed by atoms with van der Waals surface area (Å²) in [7, 11) is 0. The van der Waals surface area contributed by atoms with Gasteiger partial charge in [-0.2, -0.15) is 0 Å². The Bertz CT molecular complexity index is 1440. The molecule has 1 heterocycles. The number of amides is 6. The number of nitrogens with two attached hydrogens (primary N) is 2. The van der Waals surface area contributed by atoms with Crippen molar-refractivity contribution in [3.63, 3.8) is 0 Å². The van der Waals surface area contributed by atoms with Crippen molar-refractivity contribution < 1.29 is 54.0 Å². The smallest absolute Gasteiger partial charge is 0.326 e. The van der Waals surface area contributed by atoms with Crippen molar-refractivity contribution >= 4 is 41.4 Å². The van der Waals surface area contributed by atoms with Crippen LogP contribution in [0.25, 0.3) is 0 Å². The van der Waals surface area contributed by atoms with E-state index in [1.807, 2.05) is 0 Å². The van der Waals surface area contributed by atoms with Crippen LogP contribution in [0.1, 0.15) is 64.9 Å². The van der Waals surface area contributed by atoms with Gasteiger partial charge in [0.2, 0.25) is 35.4 Å². The lowest BCUT2D eigenvalue weighted by molar-refractivity contribution is -0.143. The van der Waals surface area contributed by atoms with E-state index in [1.165, 1.54) is 36.1 Å². The number of aliphatic carboxylic acids is 1. The van der Waals surface area contributed by atoms with Crippen molar-refractivity contribution in [2.75, 3.05) is 26.2 Å². The van der Waals surface area contributed by atoms with Gasteiger partial charge in [0, 0.05) is 13.0 Å². The largest absolute Gasteiger partial charge is 0.508 e. The van der Waals surface area contributed by atoms with Gasteiger partial charge >= 0.3 is 5.97 Å². The fraction of sp³-hybridized carbons (Fsp3) is 0.629. The van der Waals surface area contributed by atoms with E-state index in [0.29, 0.717) is 50.8 Å². The van der Waals surface area contributed by atoms with Crippen molar-refractivity contribution in [3.8, 4) is 5.75 Å². The zero-order chi connectivity index (χ0) is 40.5. The second kappa shape index (κ2) is 22.4. The van der Waals surface area contributed by atoms with Gasteiger partial charge < -0.3 is 63.4 Å². The number of carboxylic acid groups (broad SMARTS) is 1. The third-order valence-electron chi connectivity index (χ3n) is 8.78. The van der Waals surface area contributed by atoms with E-state index >= 15 is 0 Å². The van der Waals surface area contributed by atoms with E-state index in [0.717, 1.165) is 0 Å². The number of aliphatic hydroxyl groups excluding tert-OH is 2. The summed E-state index contributed by atoms with van der Waals surface area (Å²) in [6.45, 7) is 4.00. The molecule has 1 aliphatic rings. The summed E-state index contributed by atoms with van der Waals surface area (Å²) in [5.74, 6) is -6.26. The predicted octanol–water partition coefficient (Wildman–Crippen LogP) is -3.06. The molecule has 19 heteroatoms. The summed E-state index contributed by atoms with van der Waals surface area (Å²) in [5.41, 5.74) is 12.0. The summed E-state index contributed by atoms with van der Waals surface area (Å²) in [6, 6.07) is -1.84. The number of phenolic OH excluding ortho intramolecular Hbond substituents is 1. The van der Waals surface area contributed by atoms with E-state index in [2.05, 4.69) is 26.6 Å². The summed E-state index contributed by atoms with van der Waals surface area (Å²) < 4.78 is 0. The van der Waals surface area contributed by atoms with Crippen molar-refractivity contribution in [3.05, 3.63) is 29.8 Å². The highest BCUT2D eigenvalue weighted by Crippen LogP contribution is 2.20. The monoisotopic (exact) mass is 764 g/mol. The van der Waals surface area contributed by atoms with Crippen LogP contribution in [0.4, 0.5) is 0 Å². The predicted molar refractivity (Wildman–Crippen MR) is 194 cm³/mol. The van der Waals surface area contributed by atoms with Gasteiger partial charge in [-0.25, -0.2) is 4.79 Å². The first-order valence-corrected chi connectivity index (χ1v) is 18.0. The van der Waals surface area contributed by atoms with Crippen LogP contribution in [-0.2, 0) is 40.0 Å². The molecule has 7 atom stereocenters. The Morgan fingerprint density at radius 1 is 0.889 bits per heavy atom. The lowest BCUT2D eigenvalue weighted by Gasteiger charge is -2.28. The number of aliphatic hydroxyl groups is 2. The van der Waals surface area contributed by atoms with Crippen molar-refractivity contribution in [2.24, 2.45) is 17.4 Å². The fourth-order valence-electron chi connectivity index (χ4n) is 5.84. The summed E-state index contributed by atoms with van der Waals surface area (Å²) in [4.78, 5) is 91.5. The molecule has 13 N–H and O–H groups in total. The number of nitrogens with zero attached hydrogens (tertiary/aromatic N) is 1. The Morgan fingerprint density at radius 2 is 1.56 bits per heavy atom. The fourth-order valence-corrected chi connectivity index (χ4v) is 5.84. The summed E-state index contributed by atoms with van der Waals surface area (Å²) >= 11 is 0. The van der Waals surface area contributed by atoms with Gasteiger partial charge in [0.05, 0.1) is 25.3 Å². The molecular weight excluding hydrogens is 708 g/mol. The molecule has 6 amide bonds. The van der Waals surface area contributed by atoms with Crippen LogP contribution in [0.15, 0.2) is 24.3 Å². The van der Waals surface area contributed by atoms with Crippen molar-refractivity contribution in [1.82, 2.24) is 31.5 Å². The van der Waals surface area contributed by atoms with Crippen LogP contribution in [0.2, 0.25) is 0 Å². The minimum atomic E-state index is -1.61. The zero-order valence-corrected chi connectivity index (χ0v) is 31.0. The van der Waals surface area contributed by atoms with E-state index < -0.39 is 96.9 Å². The second-order valence-corrected chi connectivity index (χ2v) is 13.8. The van der Waals surface area contributed by atoms with Gasteiger partial charge in [0.25, 0.3) is 0 Å². The van der Waals surface area contributed by atoms with Gasteiger partial charge in [-0.15, -0.1) is 0 Å². The highest BCUT2D eigenvalue weighted by molar-refractivity contribution is 5.96. The highest BCUT2D eigenvalue weighted by Gasteiger charge is 2.38. The van der Waals surface area contributed by atoms with Crippen LogP contribution in [-0.4, -0.2) is 135 Å². The number of phenols is 1. The molecule has 2 rings (SSSR count). The van der Waals surface area contributed by atoms with Crippen LogP contribution < -0.4 is 38.1 Å². The van der Waals surface area contributed by atoms with Gasteiger partial charge in [-0.1, -0.05) is 32.4 Å². The molecule has 1 fully saturated rings. The maximum atomic E-state index is 13.3. The first-order chi connectivity index (χ1) is 25.5. The topological polar surface area (TPSA) is 316 Å². The molecule has 54 heavy (non-hydrogen) atoms. The molecule has 0 unspecified atom stereocenters. The normalized spacial score (nSPS) is 17.3. The number of hydrogen-bond donors (Lipinski definition) is 11. The average molecular weight is 765 g/mol. The minimum Gasteiger partial charge on any atom is -0.508 e. The van der Waals surface area contributed by atoms with E-state index in [1.54, 1.807) is 13.8 Å². The summed E-state index contributed by atoms with van der Waals surface area (Å²) in [6.07, 6.45) is 1.03. The van der Waals surface area contributed by atoms with Gasteiger partial charge in [0.1, 0.15) is 36.0 Å². The molecule has 0 bridgehead atoms. The number of benzene rings is 1. The number of unbranched alkanes of at least 4 members (excludes halogenated alkanes) is 1. The zero-order valence-electron chi connectivity index (χ0n) is 31.0. The van der Waals surface area contributed by atoms with Crippen LogP contribution in [0.3, 0.4) is 0 Å². The molecule has 302 valence electrons. The third-order valence-corrected chi connectivity index (χ3v) is 8.78. The second-order valence-electron chi connectivity index (χ2n) is 13.8. The van der Waals surface area contributed by atoms with Gasteiger partial charge in [-0.3, -0.25) is 28.8 Å². The molecule has 1 aliphatic heterocycles. The Morgan fingerprint density at radius 3 is 2.13 bits per heavy atom. The number of carbonyl (C=O) groups is 7. The van der Waals surface area contributed by atoms with Crippen LogP contribution >= 0.6 is 0 Å². The van der Waals surface area contributed by atoms with E-state index in [4.69, 9.17) is 11.5 Å². The minimum absolute atomic E-state index is 0.0344. The Kier molecular flexibility index (Phi) is 18.8. The molecule has 0 aliphatic carbocycles. The molecule has 19 nitrogen and oxygen atoms in total. The van der Waals surface area contributed by atoms with Crippen LogP contribution in [0.5, 0.6) is 5.75 Å². The first kappa shape index (κ1) is 45.3. The number of carboxylic acids is 1. The quantitative estimate of drug-likeness (QED) is 0.0524. The lowest BCUT2D eigenvalue weighted by Crippen LogP contribution is -2.60. The van der Waals surface area contributed by atoms with E-state index in [-0.39, 0.29) is 24.5 Å². The molecular formula is C35H56N8O11. The number of nitrogens with one attached hydrogen (secondary N) is 5. The number of likely N-dealkylation sites (tertiary alicyclic amines) is 1. The molecule has 1 aromatic carbocycles. The molecule has 0 saturated carbocycles. The van der Waals surface area contributed by atoms with Crippen LogP contribution in [0, 0.1) is 5.92 Å². The Labute approximate surface area is 314 Å². The Hall–Kier alpha value is -4.85. The average Bonchev–Trinajstić information content (AvgIpc) is 3.61. The maximum absolute atomic E-state index is 13.3. The number of hydrogen-bond acceptors (Lipinski definition) is 12.